The van der Waals surface area contributed by atoms with Crippen LogP contribution < -0.4 is 5.32 Å². The Bertz CT molecular complexity index is 269. The number of carboxylic acid groups (broad SMARTS) is 1. The van der Waals surface area contributed by atoms with E-state index in [1.807, 2.05) is 0 Å². The molecule has 7 heteroatoms. The lowest BCUT2D eigenvalue weighted by Gasteiger charge is -2.02. The molecule has 0 heterocycles. The van der Waals surface area contributed by atoms with Gasteiger partial charge in [0.25, 0.3) is 0 Å². The molecule has 0 spiro atoms. The van der Waals surface area contributed by atoms with Crippen LogP contribution in [0.2, 0.25) is 0 Å². The number of allylic oxidation sites excluding steroid dienone is 2. The first-order chi connectivity index (χ1) is 6.31. The lowest BCUT2D eigenvalue weighted by molar-refractivity contribution is -0.135. The number of aliphatic carboxylic acids is 1. The highest BCUT2D eigenvalue weighted by Gasteiger charge is 2.11. The second-order valence-electron chi connectivity index (χ2n) is 2.90. The van der Waals surface area contributed by atoms with E-state index in [4.69, 9.17) is 14.9 Å². The normalized spacial score (nSPS) is 13.8. The van der Waals surface area contributed by atoms with Crippen molar-refractivity contribution in [1.82, 2.24) is 5.32 Å². The molecule has 0 atom stereocenters. The average molecular weight is 223 g/mol. The monoisotopic (exact) mass is 223 g/mol. The Labute approximate surface area is 81.8 Å². The maximum Gasteiger partial charge on any atom is 0.339 e. The van der Waals surface area contributed by atoms with Gasteiger partial charge in [-0.05, 0) is 13.3 Å². The van der Waals surface area contributed by atoms with Gasteiger partial charge in [-0.3, -0.25) is 14.7 Å². The molecule has 1 rings (SSSR count). The Morgan fingerprint density at radius 2 is 2.07 bits per heavy atom. The van der Waals surface area contributed by atoms with Crippen LogP contribution in [0.5, 0.6) is 0 Å². The Hall–Kier alpha value is -0.680. The first-order valence-corrected chi connectivity index (χ1v) is 5.74. The predicted molar refractivity (Wildman–Crippen MR) is 50.9 cm³/mol. The van der Waals surface area contributed by atoms with E-state index in [9.17, 15) is 9.36 Å². The highest BCUT2D eigenvalue weighted by atomic mass is 31.2. The van der Waals surface area contributed by atoms with Gasteiger partial charge in [0.05, 0.1) is 12.8 Å². The molecule has 1 aliphatic carbocycles. The van der Waals surface area contributed by atoms with E-state index in [0.717, 1.165) is 0 Å². The molecule has 6 nitrogen and oxygen atoms in total. The maximum absolute atomic E-state index is 10.1. The number of carboxylic acids is 1. The van der Waals surface area contributed by atoms with Crippen molar-refractivity contribution < 1.29 is 24.3 Å². The zero-order valence-corrected chi connectivity index (χ0v) is 8.70. The highest BCUT2D eigenvalue weighted by Crippen LogP contribution is 2.31. The number of nitrogens with one attached hydrogen (secondary N) is 1. The van der Waals surface area contributed by atoms with Gasteiger partial charge in [0, 0.05) is 0 Å². The van der Waals surface area contributed by atoms with E-state index in [-0.39, 0.29) is 0 Å². The summed E-state index contributed by atoms with van der Waals surface area (Å²) in [6, 6.07) is 0. The molecule has 0 aromatic carbocycles. The minimum atomic E-state index is -4.10. The van der Waals surface area contributed by atoms with Crippen molar-refractivity contribution in [2.45, 2.75) is 13.3 Å². The van der Waals surface area contributed by atoms with Gasteiger partial charge in [0.1, 0.15) is 0 Å². The summed E-state index contributed by atoms with van der Waals surface area (Å²) in [5.41, 5.74) is 1.54. The first kappa shape index (κ1) is 13.3. The molecule has 82 valence electrons. The van der Waals surface area contributed by atoms with Crippen molar-refractivity contribution in [3.63, 3.8) is 0 Å². The summed E-state index contributed by atoms with van der Waals surface area (Å²) >= 11 is 0. The van der Waals surface area contributed by atoms with Crippen molar-refractivity contribution >= 4 is 13.6 Å². The van der Waals surface area contributed by atoms with Gasteiger partial charge >= 0.3 is 13.6 Å². The van der Waals surface area contributed by atoms with Gasteiger partial charge in [0.2, 0.25) is 0 Å². The Kier molecular flexibility index (Phi) is 5.64. The quantitative estimate of drug-likeness (QED) is 0.398. The van der Waals surface area contributed by atoms with Crippen molar-refractivity contribution in [2.75, 3.05) is 12.8 Å². The van der Waals surface area contributed by atoms with Crippen LogP contribution in [0.15, 0.2) is 11.6 Å². The molecular formula is C7H14NO5P. The van der Waals surface area contributed by atoms with E-state index in [1.54, 1.807) is 5.57 Å². The summed E-state index contributed by atoms with van der Waals surface area (Å²) < 4.78 is 10.1. The molecule has 0 saturated carbocycles. The minimum absolute atomic E-state index is 0.439. The fraction of sp³-hybridized carbons (Fsp3) is 0.571. The smallest absolute Gasteiger partial charge is 0.339 e. The molecule has 0 saturated heterocycles. The maximum atomic E-state index is 10.1. The summed E-state index contributed by atoms with van der Waals surface area (Å²) in [4.78, 5) is 26.1. The molecule has 1 aliphatic rings. The van der Waals surface area contributed by atoms with E-state index < -0.39 is 26.4 Å². The molecule has 14 heavy (non-hydrogen) atoms. The standard InChI is InChI=1S/C4H6.C3H8NO5P/c1-4-2-3-4;5-3(6)1-4-2-10(7,8)9/h2H,3H2,1H3;4H,1-2H2,(H,5,6)(H2,7,8,9). The van der Waals surface area contributed by atoms with Gasteiger partial charge < -0.3 is 14.9 Å². The van der Waals surface area contributed by atoms with Crippen LogP contribution in [0.25, 0.3) is 0 Å². The van der Waals surface area contributed by atoms with Crippen LogP contribution in [-0.4, -0.2) is 33.7 Å². The summed E-state index contributed by atoms with van der Waals surface area (Å²) in [6.45, 7) is 1.70. The second kappa shape index (κ2) is 5.93. The zero-order valence-electron chi connectivity index (χ0n) is 7.80. The molecule has 0 fully saturated rings. The van der Waals surface area contributed by atoms with E-state index in [1.165, 1.54) is 6.42 Å². The summed E-state index contributed by atoms with van der Waals surface area (Å²) in [5, 5.41) is 10.1. The number of hydrogen-bond acceptors (Lipinski definition) is 3. The molecule has 4 N–H and O–H groups in total. The third kappa shape index (κ3) is 13.9. The molecule has 0 unspecified atom stereocenters. The van der Waals surface area contributed by atoms with Gasteiger partial charge in [-0.25, -0.2) is 0 Å². The molecule has 0 amide bonds. The largest absolute Gasteiger partial charge is 0.480 e. The molecule has 0 radical (unpaired) electrons. The predicted octanol–water partition coefficient (Wildman–Crippen LogP) is 0.132. The zero-order chi connectivity index (χ0) is 11.2. The van der Waals surface area contributed by atoms with E-state index in [0.29, 0.717) is 0 Å². The molecule has 0 aliphatic heterocycles. The number of carbonyl (C=O) groups is 1. The number of rotatable bonds is 4. The van der Waals surface area contributed by atoms with E-state index >= 15 is 0 Å². The first-order valence-electron chi connectivity index (χ1n) is 3.94. The molecule has 0 aromatic rings. The second-order valence-corrected chi connectivity index (χ2v) is 4.54. The topological polar surface area (TPSA) is 107 Å². The van der Waals surface area contributed by atoms with Gasteiger partial charge in [0.15, 0.2) is 0 Å². The number of hydrogen-bond donors (Lipinski definition) is 4. The lowest BCUT2D eigenvalue weighted by Crippen LogP contribution is -2.23. The molecule has 0 aromatic heterocycles. The van der Waals surface area contributed by atoms with Gasteiger partial charge in [-0.1, -0.05) is 11.6 Å². The van der Waals surface area contributed by atoms with Gasteiger partial charge in [-0.2, -0.15) is 0 Å². The minimum Gasteiger partial charge on any atom is -0.480 e. The molecule has 0 bridgehead atoms. The highest BCUT2D eigenvalue weighted by molar-refractivity contribution is 7.51. The Balaban J connectivity index is 0.000000344. The third-order valence-corrected chi connectivity index (χ3v) is 1.84. The van der Waals surface area contributed by atoms with Crippen LogP contribution in [0.3, 0.4) is 0 Å². The van der Waals surface area contributed by atoms with E-state index in [2.05, 4.69) is 18.3 Å². The van der Waals surface area contributed by atoms with Gasteiger partial charge in [-0.15, -0.1) is 0 Å². The van der Waals surface area contributed by atoms with Crippen LogP contribution >= 0.6 is 7.60 Å². The Morgan fingerprint density at radius 3 is 2.29 bits per heavy atom. The van der Waals surface area contributed by atoms with Crippen LogP contribution in [0.1, 0.15) is 13.3 Å². The summed E-state index contributed by atoms with van der Waals surface area (Å²) in [7, 11) is -4.10. The van der Waals surface area contributed by atoms with Crippen LogP contribution in [-0.2, 0) is 9.36 Å². The fourth-order valence-electron chi connectivity index (χ4n) is 0.411. The SMILES string of the molecule is CC1=CC1.O=C(O)CNCP(=O)(O)O. The van der Waals surface area contributed by atoms with Crippen molar-refractivity contribution in [2.24, 2.45) is 0 Å². The Morgan fingerprint density at radius 1 is 1.64 bits per heavy atom. The summed E-state index contributed by atoms with van der Waals surface area (Å²) in [6.07, 6.45) is 2.89. The lowest BCUT2D eigenvalue weighted by atomic mass is 10.6. The van der Waals surface area contributed by atoms with Crippen LogP contribution in [0.4, 0.5) is 0 Å². The summed E-state index contributed by atoms with van der Waals surface area (Å²) in [5.74, 6) is -1.14. The van der Waals surface area contributed by atoms with Crippen molar-refractivity contribution in [3.05, 3.63) is 11.6 Å². The van der Waals surface area contributed by atoms with Crippen LogP contribution in [0, 0.1) is 0 Å². The van der Waals surface area contributed by atoms with Crippen molar-refractivity contribution in [3.8, 4) is 0 Å². The fourth-order valence-corrected chi connectivity index (χ4v) is 0.814. The molecular weight excluding hydrogens is 209 g/mol. The third-order valence-electron chi connectivity index (χ3n) is 1.21. The van der Waals surface area contributed by atoms with Crippen molar-refractivity contribution in [1.29, 1.82) is 0 Å². The average Bonchev–Trinajstić information content (AvgIpc) is 2.68.